The van der Waals surface area contributed by atoms with E-state index in [0.717, 1.165) is 11.1 Å². The second kappa shape index (κ2) is 10.8. The fourth-order valence-corrected chi connectivity index (χ4v) is 3.86. The first kappa shape index (κ1) is 23.3. The number of ether oxygens (including phenoxy) is 1. The summed E-state index contributed by atoms with van der Waals surface area (Å²) in [5.41, 5.74) is 2.97. The molecule has 172 valence electrons. The van der Waals surface area contributed by atoms with Crippen molar-refractivity contribution >= 4 is 29.4 Å². The molecule has 0 aliphatic carbocycles. The Morgan fingerprint density at radius 1 is 0.941 bits per heavy atom. The van der Waals surface area contributed by atoms with Gasteiger partial charge in [0, 0.05) is 22.9 Å². The molecule has 3 aromatic carbocycles. The molecular weight excluding hydrogens is 452 g/mol. The van der Waals surface area contributed by atoms with Gasteiger partial charge in [-0.15, -0.1) is 0 Å². The molecule has 1 aromatic heterocycles. The zero-order valence-electron chi connectivity index (χ0n) is 18.5. The fourth-order valence-electron chi connectivity index (χ4n) is 3.73. The molecule has 6 nitrogen and oxygen atoms in total. The molecule has 0 aliphatic heterocycles. The number of carbonyl (C=O) groups excluding carboxylic acids is 2. The molecule has 4 aromatic rings. The van der Waals surface area contributed by atoms with Gasteiger partial charge >= 0.3 is 5.97 Å². The number of esters is 1. The largest absolute Gasteiger partial charge is 0.462 e. The van der Waals surface area contributed by atoms with Crippen molar-refractivity contribution < 1.29 is 18.8 Å². The maximum Gasteiger partial charge on any atom is 0.346 e. The van der Waals surface area contributed by atoms with Gasteiger partial charge in [-0.05, 0) is 30.2 Å². The summed E-state index contributed by atoms with van der Waals surface area (Å²) >= 11 is 5.98. The summed E-state index contributed by atoms with van der Waals surface area (Å²) in [4.78, 5) is 25.9. The second-order valence-electron chi connectivity index (χ2n) is 7.59. The van der Waals surface area contributed by atoms with Crippen molar-refractivity contribution in [1.82, 2.24) is 5.16 Å². The lowest BCUT2D eigenvalue weighted by atomic mass is 9.88. The van der Waals surface area contributed by atoms with Gasteiger partial charge in [-0.25, -0.2) is 4.79 Å². The van der Waals surface area contributed by atoms with Gasteiger partial charge in [0.05, 0.1) is 6.61 Å². The highest BCUT2D eigenvalue weighted by molar-refractivity contribution is 6.30. The third-order valence-corrected chi connectivity index (χ3v) is 5.59. The average Bonchev–Trinajstić information content (AvgIpc) is 3.27. The first-order valence-electron chi connectivity index (χ1n) is 10.9. The van der Waals surface area contributed by atoms with E-state index in [4.69, 9.17) is 20.9 Å². The Balaban J connectivity index is 1.63. The van der Waals surface area contributed by atoms with Crippen molar-refractivity contribution in [2.24, 2.45) is 0 Å². The molecule has 1 N–H and O–H groups in total. The molecule has 0 radical (unpaired) electrons. The van der Waals surface area contributed by atoms with Crippen molar-refractivity contribution in [3.8, 4) is 11.3 Å². The fraction of sp³-hybridized carbons (Fsp3) is 0.148. The number of benzene rings is 3. The van der Waals surface area contributed by atoms with Gasteiger partial charge in [-0.3, -0.25) is 10.1 Å². The van der Waals surface area contributed by atoms with E-state index in [-0.39, 0.29) is 42.0 Å². The van der Waals surface area contributed by atoms with Gasteiger partial charge < -0.3 is 9.26 Å². The third-order valence-electron chi connectivity index (χ3n) is 5.34. The van der Waals surface area contributed by atoms with Gasteiger partial charge in [-0.1, -0.05) is 89.6 Å². The smallest absolute Gasteiger partial charge is 0.346 e. The van der Waals surface area contributed by atoms with Gasteiger partial charge in [0.15, 0.2) is 5.56 Å². The van der Waals surface area contributed by atoms with Crippen LogP contribution in [0.1, 0.15) is 40.7 Å². The molecule has 0 spiro atoms. The Kier molecular flexibility index (Phi) is 7.40. The maximum absolute atomic E-state index is 13.1. The van der Waals surface area contributed by atoms with Crippen LogP contribution in [0.3, 0.4) is 0 Å². The quantitative estimate of drug-likeness (QED) is 0.302. The summed E-state index contributed by atoms with van der Waals surface area (Å²) in [6.07, 6.45) is 0.146. The highest BCUT2D eigenvalue weighted by atomic mass is 35.5. The van der Waals surface area contributed by atoms with Crippen LogP contribution >= 0.6 is 11.6 Å². The first-order valence-corrected chi connectivity index (χ1v) is 11.3. The standard InChI is InChI=1S/C27H23ClN2O4/c1-2-33-27(32)24-25(20-13-15-21(28)16-14-20)30-34-26(24)29-23(31)17-22(18-9-5-3-6-10-18)19-11-7-4-8-12-19/h3-16,22H,2,17H2,1H3,(H,29,31). The Hall–Kier alpha value is -3.90. The van der Waals surface area contributed by atoms with E-state index in [0.29, 0.717) is 10.6 Å². The molecule has 0 unspecified atom stereocenters. The number of carbonyl (C=O) groups is 2. The van der Waals surface area contributed by atoms with E-state index in [9.17, 15) is 9.59 Å². The molecule has 1 heterocycles. The van der Waals surface area contributed by atoms with Crippen molar-refractivity contribution in [3.63, 3.8) is 0 Å². The maximum atomic E-state index is 13.1. The van der Waals surface area contributed by atoms with Crippen LogP contribution < -0.4 is 5.32 Å². The SMILES string of the molecule is CCOC(=O)c1c(-c2ccc(Cl)cc2)noc1NC(=O)CC(c1ccccc1)c1ccccc1. The molecule has 4 rings (SSSR count). The van der Waals surface area contributed by atoms with Gasteiger partial charge in [0.2, 0.25) is 11.8 Å². The second-order valence-corrected chi connectivity index (χ2v) is 8.03. The lowest BCUT2D eigenvalue weighted by Crippen LogP contribution is -2.18. The van der Waals surface area contributed by atoms with Crippen LogP contribution in [0.15, 0.2) is 89.5 Å². The van der Waals surface area contributed by atoms with E-state index in [1.54, 1.807) is 31.2 Å². The van der Waals surface area contributed by atoms with Crippen molar-refractivity contribution in [2.75, 3.05) is 11.9 Å². The molecular formula is C27H23ClN2O4. The summed E-state index contributed by atoms with van der Waals surface area (Å²) in [5, 5.41) is 7.31. The molecule has 1 amide bonds. The van der Waals surface area contributed by atoms with Gasteiger partial charge in [0.1, 0.15) is 5.69 Å². The summed E-state index contributed by atoms with van der Waals surface area (Å²) < 4.78 is 10.6. The Labute approximate surface area is 202 Å². The van der Waals surface area contributed by atoms with Crippen LogP contribution in [0.4, 0.5) is 5.88 Å². The molecule has 0 atom stereocenters. The Morgan fingerprint density at radius 3 is 2.09 bits per heavy atom. The number of nitrogens with zero attached hydrogens (tertiary/aromatic N) is 1. The predicted octanol–water partition coefficient (Wildman–Crippen LogP) is 6.33. The van der Waals surface area contributed by atoms with Crippen LogP contribution in [0.5, 0.6) is 0 Å². The summed E-state index contributed by atoms with van der Waals surface area (Å²) in [6, 6.07) is 26.4. The van der Waals surface area contributed by atoms with Gasteiger partial charge in [-0.2, -0.15) is 0 Å². The third kappa shape index (κ3) is 5.35. The van der Waals surface area contributed by atoms with E-state index >= 15 is 0 Å². The number of hydrogen-bond acceptors (Lipinski definition) is 5. The van der Waals surface area contributed by atoms with E-state index in [2.05, 4.69) is 10.5 Å². The molecule has 0 saturated heterocycles. The van der Waals surface area contributed by atoms with Crippen LogP contribution in [-0.4, -0.2) is 23.6 Å². The van der Waals surface area contributed by atoms with Crippen LogP contribution in [0, 0.1) is 0 Å². The number of amides is 1. The lowest BCUT2D eigenvalue weighted by molar-refractivity contribution is -0.116. The molecule has 0 fully saturated rings. The Morgan fingerprint density at radius 2 is 1.53 bits per heavy atom. The summed E-state index contributed by atoms with van der Waals surface area (Å²) in [7, 11) is 0. The molecule has 0 bridgehead atoms. The molecule has 7 heteroatoms. The number of nitrogens with one attached hydrogen (secondary N) is 1. The van der Waals surface area contributed by atoms with Crippen LogP contribution in [-0.2, 0) is 9.53 Å². The summed E-state index contributed by atoms with van der Waals surface area (Å²) in [6.45, 7) is 1.87. The minimum Gasteiger partial charge on any atom is -0.462 e. The number of rotatable bonds is 8. The normalized spacial score (nSPS) is 10.8. The topological polar surface area (TPSA) is 81.4 Å². The minimum absolute atomic E-state index is 0.0479. The monoisotopic (exact) mass is 474 g/mol. The van der Waals surface area contributed by atoms with E-state index in [1.807, 2.05) is 60.7 Å². The minimum atomic E-state index is -0.633. The number of hydrogen-bond donors (Lipinski definition) is 1. The van der Waals surface area contributed by atoms with Crippen LogP contribution in [0.2, 0.25) is 5.02 Å². The molecule has 0 aliphatic rings. The molecule has 34 heavy (non-hydrogen) atoms. The zero-order valence-corrected chi connectivity index (χ0v) is 19.3. The molecule has 0 saturated carbocycles. The van der Waals surface area contributed by atoms with E-state index < -0.39 is 5.97 Å². The van der Waals surface area contributed by atoms with Crippen LogP contribution in [0.25, 0.3) is 11.3 Å². The van der Waals surface area contributed by atoms with E-state index in [1.165, 1.54) is 0 Å². The number of halogens is 1. The number of aromatic nitrogens is 1. The van der Waals surface area contributed by atoms with Crippen molar-refractivity contribution in [2.45, 2.75) is 19.3 Å². The number of anilines is 1. The van der Waals surface area contributed by atoms with Gasteiger partial charge in [0.25, 0.3) is 0 Å². The Bertz CT molecular complexity index is 1220. The van der Waals surface area contributed by atoms with Crippen molar-refractivity contribution in [1.29, 1.82) is 0 Å². The average molecular weight is 475 g/mol. The predicted molar refractivity (Wildman–Crippen MR) is 131 cm³/mol. The van der Waals surface area contributed by atoms with Crippen molar-refractivity contribution in [3.05, 3.63) is 107 Å². The highest BCUT2D eigenvalue weighted by Gasteiger charge is 2.28. The highest BCUT2D eigenvalue weighted by Crippen LogP contribution is 2.32. The first-order chi connectivity index (χ1) is 16.6. The zero-order chi connectivity index (χ0) is 23.9. The lowest BCUT2D eigenvalue weighted by Gasteiger charge is -2.17. The summed E-state index contributed by atoms with van der Waals surface area (Å²) in [5.74, 6) is -1.17.